The molecule has 0 spiro atoms. The van der Waals surface area contributed by atoms with E-state index in [0.29, 0.717) is 12.5 Å². The van der Waals surface area contributed by atoms with Crippen molar-refractivity contribution in [2.45, 2.75) is 37.3 Å². The van der Waals surface area contributed by atoms with Crippen molar-refractivity contribution in [1.82, 2.24) is 20.5 Å². The average molecular weight is 194 g/mol. The Balaban J connectivity index is 1.75. The number of hydrogen-bond acceptors (Lipinski definition) is 4. The first-order chi connectivity index (χ1) is 6.83. The molecular weight excluding hydrogens is 180 g/mol. The van der Waals surface area contributed by atoms with Crippen molar-refractivity contribution >= 4 is 0 Å². The average Bonchev–Trinajstić information content (AvgIpc) is 2.76. The smallest absolute Gasteiger partial charge is 0.153 e. The van der Waals surface area contributed by atoms with Crippen LogP contribution in [0.3, 0.4) is 0 Å². The molecule has 0 unspecified atom stereocenters. The molecule has 0 amide bonds. The Hall–Kier alpha value is -0.940. The second-order valence-corrected chi connectivity index (χ2v) is 4.20. The first-order valence-electron chi connectivity index (χ1n) is 5.16. The van der Waals surface area contributed by atoms with E-state index < -0.39 is 0 Å². The highest BCUT2D eigenvalue weighted by molar-refractivity contribution is 5.08. The summed E-state index contributed by atoms with van der Waals surface area (Å²) in [5, 5.41) is 19.7. The zero-order chi connectivity index (χ0) is 9.54. The molecule has 0 bridgehead atoms. The number of aromatic nitrogens is 3. The molecule has 0 radical (unpaired) electrons. The van der Waals surface area contributed by atoms with E-state index in [1.54, 1.807) is 0 Å². The molecule has 2 aliphatic rings. The number of hydrogen-bond donors (Lipinski definition) is 3. The molecule has 3 N–H and O–H groups in total. The number of nitrogens with zero attached hydrogens (tertiary/aromatic N) is 2. The van der Waals surface area contributed by atoms with Gasteiger partial charge in [0.15, 0.2) is 5.82 Å². The molecule has 14 heavy (non-hydrogen) atoms. The fourth-order valence-electron chi connectivity index (χ4n) is 1.89. The van der Waals surface area contributed by atoms with Gasteiger partial charge in [0.25, 0.3) is 0 Å². The summed E-state index contributed by atoms with van der Waals surface area (Å²) in [5.74, 6) is 2.41. The fraction of sp³-hybridized carbons (Fsp3) is 0.778. The van der Waals surface area contributed by atoms with Crippen LogP contribution in [0.2, 0.25) is 0 Å². The van der Waals surface area contributed by atoms with Gasteiger partial charge in [-0.15, -0.1) is 0 Å². The number of rotatable bonds is 2. The maximum atomic E-state index is 9.36. The molecule has 1 saturated carbocycles. The summed E-state index contributed by atoms with van der Waals surface area (Å²) in [4.78, 5) is 4.45. The lowest BCUT2D eigenvalue weighted by Crippen LogP contribution is -2.15. The molecule has 5 nitrogen and oxygen atoms in total. The highest BCUT2D eigenvalue weighted by Crippen LogP contribution is 2.38. The van der Waals surface area contributed by atoms with Crippen molar-refractivity contribution in [3.8, 4) is 0 Å². The van der Waals surface area contributed by atoms with Gasteiger partial charge in [-0.25, -0.2) is 4.98 Å². The summed E-state index contributed by atoms with van der Waals surface area (Å²) in [5.41, 5.74) is 0. The quantitative estimate of drug-likeness (QED) is 0.623. The molecule has 3 rings (SSSR count). The van der Waals surface area contributed by atoms with Crippen LogP contribution in [0.1, 0.15) is 42.9 Å². The molecule has 2 fully saturated rings. The third-order valence-electron chi connectivity index (χ3n) is 2.90. The van der Waals surface area contributed by atoms with Gasteiger partial charge >= 0.3 is 0 Å². The second kappa shape index (κ2) is 3.03. The fourth-order valence-corrected chi connectivity index (χ4v) is 1.89. The second-order valence-electron chi connectivity index (χ2n) is 4.20. The van der Waals surface area contributed by atoms with Gasteiger partial charge in [0.2, 0.25) is 0 Å². The number of nitrogens with one attached hydrogen (secondary N) is 2. The lowest BCUT2D eigenvalue weighted by atomic mass is 10.2. The van der Waals surface area contributed by atoms with Crippen LogP contribution in [-0.2, 0) is 0 Å². The van der Waals surface area contributed by atoms with Crippen LogP contribution in [0, 0.1) is 0 Å². The third-order valence-corrected chi connectivity index (χ3v) is 2.90. The van der Waals surface area contributed by atoms with Gasteiger partial charge in [-0.3, -0.25) is 5.10 Å². The van der Waals surface area contributed by atoms with Gasteiger partial charge in [0, 0.05) is 12.5 Å². The maximum Gasteiger partial charge on any atom is 0.153 e. The van der Waals surface area contributed by atoms with E-state index in [-0.39, 0.29) is 12.1 Å². The molecule has 5 heteroatoms. The molecule has 0 aromatic carbocycles. The van der Waals surface area contributed by atoms with Crippen LogP contribution >= 0.6 is 0 Å². The molecule has 1 aliphatic carbocycles. The Kier molecular flexibility index (Phi) is 1.81. The SMILES string of the molecule is O[C@H]1CN[C@@H](c2nc(C3CC3)n[nH]2)C1. The summed E-state index contributed by atoms with van der Waals surface area (Å²) < 4.78 is 0. The van der Waals surface area contributed by atoms with Gasteiger partial charge in [-0.1, -0.05) is 0 Å². The number of aliphatic hydroxyl groups is 1. The molecular formula is C9H14N4O. The molecule has 1 saturated heterocycles. The Morgan fingerprint density at radius 1 is 1.36 bits per heavy atom. The van der Waals surface area contributed by atoms with E-state index in [1.165, 1.54) is 12.8 Å². The first-order valence-corrected chi connectivity index (χ1v) is 5.16. The highest BCUT2D eigenvalue weighted by Gasteiger charge is 2.30. The summed E-state index contributed by atoms with van der Waals surface area (Å²) in [7, 11) is 0. The van der Waals surface area contributed by atoms with Crippen LogP contribution in [-0.4, -0.2) is 32.9 Å². The van der Waals surface area contributed by atoms with Crippen molar-refractivity contribution in [3.63, 3.8) is 0 Å². The summed E-state index contributed by atoms with van der Waals surface area (Å²) >= 11 is 0. The highest BCUT2D eigenvalue weighted by atomic mass is 16.3. The van der Waals surface area contributed by atoms with Crippen LogP contribution in [0.25, 0.3) is 0 Å². The first kappa shape index (κ1) is 8.38. The van der Waals surface area contributed by atoms with Crippen molar-refractivity contribution in [3.05, 3.63) is 11.6 Å². The maximum absolute atomic E-state index is 9.36. The van der Waals surface area contributed by atoms with Gasteiger partial charge in [0.05, 0.1) is 12.1 Å². The van der Waals surface area contributed by atoms with Gasteiger partial charge in [-0.2, -0.15) is 5.10 Å². The van der Waals surface area contributed by atoms with Gasteiger partial charge in [0.1, 0.15) is 5.82 Å². The topological polar surface area (TPSA) is 73.8 Å². The Morgan fingerprint density at radius 2 is 2.21 bits per heavy atom. The third kappa shape index (κ3) is 1.42. The Morgan fingerprint density at radius 3 is 2.86 bits per heavy atom. The summed E-state index contributed by atoms with van der Waals surface area (Å²) in [6.07, 6.45) is 2.93. The van der Waals surface area contributed by atoms with Crippen molar-refractivity contribution in [1.29, 1.82) is 0 Å². The lowest BCUT2D eigenvalue weighted by molar-refractivity contribution is 0.193. The van der Waals surface area contributed by atoms with Crippen molar-refractivity contribution in [2.75, 3.05) is 6.54 Å². The standard InChI is InChI=1S/C9H14N4O/c14-6-3-7(10-4-6)9-11-8(12-13-9)5-1-2-5/h5-7,10,14H,1-4H2,(H,11,12,13)/t6-,7-/m1/s1. The lowest BCUT2D eigenvalue weighted by Gasteiger charge is -2.03. The monoisotopic (exact) mass is 194 g/mol. The number of β-amino-alcohol motifs (C(OH)–C–C–N with tert-alkyl or cyclic N) is 1. The zero-order valence-electron chi connectivity index (χ0n) is 7.90. The number of aliphatic hydroxyl groups excluding tert-OH is 1. The van der Waals surface area contributed by atoms with Crippen molar-refractivity contribution in [2.24, 2.45) is 0 Å². The van der Waals surface area contributed by atoms with E-state index in [0.717, 1.165) is 18.1 Å². The molecule has 1 aromatic rings. The predicted octanol–water partition coefficient (Wildman–Crippen LogP) is 0.0774. The van der Waals surface area contributed by atoms with E-state index >= 15 is 0 Å². The number of H-pyrrole nitrogens is 1. The zero-order valence-corrected chi connectivity index (χ0v) is 7.90. The number of aromatic amines is 1. The van der Waals surface area contributed by atoms with Crippen LogP contribution in [0.4, 0.5) is 0 Å². The van der Waals surface area contributed by atoms with Crippen LogP contribution in [0.15, 0.2) is 0 Å². The molecule has 76 valence electrons. The van der Waals surface area contributed by atoms with E-state index in [4.69, 9.17) is 0 Å². The minimum Gasteiger partial charge on any atom is -0.392 e. The summed E-state index contributed by atoms with van der Waals surface area (Å²) in [6.45, 7) is 0.657. The van der Waals surface area contributed by atoms with Crippen LogP contribution in [0.5, 0.6) is 0 Å². The van der Waals surface area contributed by atoms with Gasteiger partial charge < -0.3 is 10.4 Å². The largest absolute Gasteiger partial charge is 0.392 e. The minimum absolute atomic E-state index is 0.157. The Labute approximate surface area is 81.9 Å². The molecule has 1 aliphatic heterocycles. The summed E-state index contributed by atoms with van der Waals surface area (Å²) in [6, 6.07) is 0.157. The molecule has 2 atom stereocenters. The van der Waals surface area contributed by atoms with Crippen LogP contribution < -0.4 is 5.32 Å². The minimum atomic E-state index is -0.241. The molecule has 2 heterocycles. The van der Waals surface area contributed by atoms with E-state index in [1.807, 2.05) is 0 Å². The normalized spacial score (nSPS) is 32.4. The van der Waals surface area contributed by atoms with E-state index in [2.05, 4.69) is 20.5 Å². The predicted molar refractivity (Wildman–Crippen MR) is 49.7 cm³/mol. The van der Waals surface area contributed by atoms with E-state index in [9.17, 15) is 5.11 Å². The molecule has 1 aromatic heterocycles. The Bertz CT molecular complexity index is 333. The van der Waals surface area contributed by atoms with Crippen molar-refractivity contribution < 1.29 is 5.11 Å². The van der Waals surface area contributed by atoms with Gasteiger partial charge in [-0.05, 0) is 19.3 Å².